The van der Waals surface area contributed by atoms with Crippen LogP contribution in [0.4, 0.5) is 0 Å². The Morgan fingerprint density at radius 1 is 1.17 bits per heavy atom. The molecule has 5 nitrogen and oxygen atoms in total. The van der Waals surface area contributed by atoms with Gasteiger partial charge in [-0.05, 0) is 65.8 Å². The van der Waals surface area contributed by atoms with E-state index in [4.69, 9.17) is 0 Å². The number of H-pyrrole nitrogens is 1. The standard InChI is InChI=1S/C25H23N3O2/c1-15-6-9-22-19(12-15)20-13-17(7-10-23(20)27-22)25(30)28-26-14-21-18-5-3-2-4-16(18)8-11-24(21)29/h2-5,7-8,10-11,13-15,27,29H,6,9,12H2,1H3,(H,28,30)/b26-14-. The number of amides is 1. The van der Waals surface area contributed by atoms with Gasteiger partial charge in [-0.25, -0.2) is 5.43 Å². The van der Waals surface area contributed by atoms with Crippen molar-refractivity contribution in [3.8, 4) is 5.75 Å². The largest absolute Gasteiger partial charge is 0.507 e. The Hall–Kier alpha value is -3.60. The van der Waals surface area contributed by atoms with E-state index in [9.17, 15) is 9.90 Å². The van der Waals surface area contributed by atoms with Gasteiger partial charge >= 0.3 is 0 Å². The molecule has 4 aromatic rings. The van der Waals surface area contributed by atoms with E-state index in [-0.39, 0.29) is 11.7 Å². The molecule has 0 spiro atoms. The van der Waals surface area contributed by atoms with Crippen LogP contribution in [0.1, 0.15) is 40.5 Å². The number of carbonyl (C=O) groups is 1. The summed E-state index contributed by atoms with van der Waals surface area (Å²) in [5.41, 5.74) is 7.46. The molecule has 1 amide bonds. The molecule has 5 rings (SSSR count). The van der Waals surface area contributed by atoms with Gasteiger partial charge in [0.1, 0.15) is 5.75 Å². The molecule has 0 bridgehead atoms. The Labute approximate surface area is 174 Å². The first-order valence-corrected chi connectivity index (χ1v) is 10.3. The Balaban J connectivity index is 1.40. The number of phenols is 1. The maximum atomic E-state index is 12.7. The first-order valence-electron chi connectivity index (χ1n) is 10.3. The number of phenolic OH excluding ortho intramolecular Hbond substituents is 1. The second kappa shape index (κ2) is 7.34. The van der Waals surface area contributed by atoms with Crippen LogP contribution in [0, 0.1) is 5.92 Å². The highest BCUT2D eigenvalue weighted by molar-refractivity contribution is 6.03. The maximum Gasteiger partial charge on any atom is 0.271 e. The second-order valence-electron chi connectivity index (χ2n) is 8.11. The lowest BCUT2D eigenvalue weighted by molar-refractivity contribution is 0.0955. The Bertz CT molecular complexity index is 1300. The van der Waals surface area contributed by atoms with E-state index in [1.54, 1.807) is 6.07 Å². The summed E-state index contributed by atoms with van der Waals surface area (Å²) >= 11 is 0. The van der Waals surface area contributed by atoms with E-state index in [0.717, 1.165) is 34.5 Å². The summed E-state index contributed by atoms with van der Waals surface area (Å²) in [6.45, 7) is 2.27. The van der Waals surface area contributed by atoms with Crippen LogP contribution >= 0.6 is 0 Å². The third-order valence-corrected chi connectivity index (χ3v) is 6.00. The molecular weight excluding hydrogens is 374 g/mol. The van der Waals surface area contributed by atoms with Gasteiger partial charge in [0.15, 0.2) is 0 Å². The molecule has 3 N–H and O–H groups in total. The normalized spacial score (nSPS) is 16.2. The van der Waals surface area contributed by atoms with Gasteiger partial charge in [-0.1, -0.05) is 37.3 Å². The molecule has 0 radical (unpaired) electrons. The van der Waals surface area contributed by atoms with E-state index in [1.807, 2.05) is 48.5 Å². The van der Waals surface area contributed by atoms with Crippen molar-refractivity contribution in [2.75, 3.05) is 0 Å². The monoisotopic (exact) mass is 397 g/mol. The Morgan fingerprint density at radius 2 is 2.03 bits per heavy atom. The summed E-state index contributed by atoms with van der Waals surface area (Å²) < 4.78 is 0. The number of hydrogen-bond acceptors (Lipinski definition) is 3. The minimum atomic E-state index is -0.272. The Kier molecular flexibility index (Phi) is 4.51. The molecule has 1 unspecified atom stereocenters. The summed E-state index contributed by atoms with van der Waals surface area (Å²) in [7, 11) is 0. The van der Waals surface area contributed by atoms with E-state index in [2.05, 4.69) is 22.4 Å². The number of rotatable bonds is 3. The molecule has 0 saturated heterocycles. The number of aryl methyl sites for hydroxylation is 1. The lowest BCUT2D eigenvalue weighted by atomic mass is 9.87. The van der Waals surface area contributed by atoms with Crippen molar-refractivity contribution in [2.24, 2.45) is 11.0 Å². The number of hydrazone groups is 1. The highest BCUT2D eigenvalue weighted by atomic mass is 16.3. The van der Waals surface area contributed by atoms with Gasteiger partial charge in [0.25, 0.3) is 5.91 Å². The molecule has 1 aliphatic rings. The fraction of sp³-hybridized carbons (Fsp3) is 0.200. The van der Waals surface area contributed by atoms with Crippen LogP contribution in [-0.4, -0.2) is 22.2 Å². The van der Waals surface area contributed by atoms with Crippen molar-refractivity contribution >= 4 is 33.8 Å². The predicted octanol–water partition coefficient (Wildman–Crippen LogP) is 4.92. The molecule has 1 heterocycles. The molecule has 150 valence electrons. The molecule has 0 fully saturated rings. The lowest BCUT2D eigenvalue weighted by Gasteiger charge is -2.18. The summed E-state index contributed by atoms with van der Waals surface area (Å²) in [5, 5.41) is 17.3. The average molecular weight is 397 g/mol. The quantitative estimate of drug-likeness (QED) is 0.339. The van der Waals surface area contributed by atoms with Crippen molar-refractivity contribution < 1.29 is 9.90 Å². The van der Waals surface area contributed by atoms with E-state index in [0.29, 0.717) is 17.0 Å². The number of hydrogen-bond donors (Lipinski definition) is 3. The SMILES string of the molecule is CC1CCc2[nH]c3ccc(C(=O)N/N=C\c4c(O)ccc5ccccc45)cc3c2C1. The number of aromatic amines is 1. The van der Waals surface area contributed by atoms with Crippen LogP contribution in [0.5, 0.6) is 5.75 Å². The van der Waals surface area contributed by atoms with Crippen molar-refractivity contribution in [1.82, 2.24) is 10.4 Å². The second-order valence-corrected chi connectivity index (χ2v) is 8.11. The number of nitrogens with one attached hydrogen (secondary N) is 2. The van der Waals surface area contributed by atoms with E-state index in [1.165, 1.54) is 23.9 Å². The zero-order chi connectivity index (χ0) is 20.7. The van der Waals surface area contributed by atoms with Crippen LogP contribution < -0.4 is 5.43 Å². The van der Waals surface area contributed by atoms with Gasteiger partial charge in [0.2, 0.25) is 0 Å². The maximum absolute atomic E-state index is 12.7. The van der Waals surface area contributed by atoms with Gasteiger partial charge < -0.3 is 10.1 Å². The number of aromatic hydroxyl groups is 1. The van der Waals surface area contributed by atoms with Crippen molar-refractivity contribution in [3.05, 3.63) is 77.0 Å². The van der Waals surface area contributed by atoms with Crippen LogP contribution in [0.25, 0.3) is 21.7 Å². The zero-order valence-corrected chi connectivity index (χ0v) is 16.8. The number of fused-ring (bicyclic) bond motifs is 4. The van der Waals surface area contributed by atoms with E-state index >= 15 is 0 Å². The molecular formula is C25H23N3O2. The van der Waals surface area contributed by atoms with Crippen molar-refractivity contribution in [3.63, 3.8) is 0 Å². The zero-order valence-electron chi connectivity index (χ0n) is 16.8. The average Bonchev–Trinajstić information content (AvgIpc) is 3.12. The van der Waals surface area contributed by atoms with Crippen LogP contribution in [-0.2, 0) is 12.8 Å². The minimum Gasteiger partial charge on any atom is -0.507 e. The first kappa shape index (κ1) is 18.4. The highest BCUT2D eigenvalue weighted by Crippen LogP contribution is 2.32. The minimum absolute atomic E-state index is 0.126. The summed E-state index contributed by atoms with van der Waals surface area (Å²) in [4.78, 5) is 16.2. The predicted molar refractivity (Wildman–Crippen MR) is 120 cm³/mol. The molecule has 0 aliphatic heterocycles. The molecule has 1 aliphatic carbocycles. The van der Waals surface area contributed by atoms with Gasteiger partial charge in [-0.15, -0.1) is 0 Å². The number of carbonyl (C=O) groups excluding carboxylic acids is 1. The molecule has 30 heavy (non-hydrogen) atoms. The molecule has 3 aromatic carbocycles. The number of benzene rings is 3. The van der Waals surface area contributed by atoms with Crippen LogP contribution in [0.2, 0.25) is 0 Å². The summed E-state index contributed by atoms with van der Waals surface area (Å²) in [5.74, 6) is 0.514. The number of nitrogens with zero attached hydrogens (tertiary/aromatic N) is 1. The first-order chi connectivity index (χ1) is 14.6. The van der Waals surface area contributed by atoms with Gasteiger partial charge in [0.05, 0.1) is 6.21 Å². The van der Waals surface area contributed by atoms with Crippen molar-refractivity contribution in [1.29, 1.82) is 0 Å². The molecule has 0 saturated carbocycles. The van der Waals surface area contributed by atoms with Crippen LogP contribution in [0.15, 0.2) is 59.7 Å². The molecule has 1 aromatic heterocycles. The van der Waals surface area contributed by atoms with Gasteiger partial charge in [0, 0.05) is 27.7 Å². The van der Waals surface area contributed by atoms with Crippen molar-refractivity contribution in [2.45, 2.75) is 26.2 Å². The summed E-state index contributed by atoms with van der Waals surface area (Å²) in [6, 6.07) is 17.0. The summed E-state index contributed by atoms with van der Waals surface area (Å²) in [6.07, 6.45) is 4.79. The third kappa shape index (κ3) is 3.22. The smallest absolute Gasteiger partial charge is 0.271 e. The van der Waals surface area contributed by atoms with E-state index < -0.39 is 0 Å². The Morgan fingerprint density at radius 3 is 2.93 bits per heavy atom. The fourth-order valence-corrected chi connectivity index (χ4v) is 4.37. The topological polar surface area (TPSA) is 77.5 Å². The van der Waals surface area contributed by atoms with Crippen LogP contribution in [0.3, 0.4) is 0 Å². The number of aromatic nitrogens is 1. The lowest BCUT2D eigenvalue weighted by Crippen LogP contribution is -2.17. The van der Waals surface area contributed by atoms with Gasteiger partial charge in [-0.2, -0.15) is 5.10 Å². The fourth-order valence-electron chi connectivity index (χ4n) is 4.37. The molecule has 5 heteroatoms. The van der Waals surface area contributed by atoms with Gasteiger partial charge in [-0.3, -0.25) is 4.79 Å². The third-order valence-electron chi connectivity index (χ3n) is 6.00. The highest BCUT2D eigenvalue weighted by Gasteiger charge is 2.20. The molecule has 1 atom stereocenters.